The number of amides is 1. The quantitative estimate of drug-likeness (QED) is 0.757. The first kappa shape index (κ1) is 15.2. The molecule has 7 heteroatoms. The molecule has 0 fully saturated rings. The summed E-state index contributed by atoms with van der Waals surface area (Å²) < 4.78 is 0.518. The molecule has 3 N–H and O–H groups in total. The van der Waals surface area contributed by atoms with E-state index in [1.165, 1.54) is 6.07 Å². The summed E-state index contributed by atoms with van der Waals surface area (Å²) in [6.07, 6.45) is -0.676. The molecule has 0 aliphatic rings. The summed E-state index contributed by atoms with van der Waals surface area (Å²) in [5.41, 5.74) is 1.19. The SMILES string of the molecule is Cc1ccc(C(=O)NC(CC(=O)O)C(=O)O)c(Br)c1. The number of benzene rings is 1. The Balaban J connectivity index is 2.87. The van der Waals surface area contributed by atoms with Gasteiger partial charge in [0.2, 0.25) is 0 Å². The summed E-state index contributed by atoms with van der Waals surface area (Å²) in [6.45, 7) is 1.84. The van der Waals surface area contributed by atoms with Gasteiger partial charge in [0.1, 0.15) is 6.04 Å². The highest BCUT2D eigenvalue weighted by atomic mass is 79.9. The van der Waals surface area contributed by atoms with Gasteiger partial charge in [0.15, 0.2) is 0 Å². The smallest absolute Gasteiger partial charge is 0.326 e. The number of carboxylic acids is 2. The second-order valence-corrected chi connectivity index (χ2v) is 4.80. The second-order valence-electron chi connectivity index (χ2n) is 3.95. The van der Waals surface area contributed by atoms with Crippen molar-refractivity contribution in [3.8, 4) is 0 Å². The van der Waals surface area contributed by atoms with Crippen LogP contribution in [0.3, 0.4) is 0 Å². The Bertz CT molecular complexity index is 529. The van der Waals surface area contributed by atoms with E-state index in [1.54, 1.807) is 12.1 Å². The summed E-state index contributed by atoms with van der Waals surface area (Å²) in [5.74, 6) is -3.32. The van der Waals surface area contributed by atoms with Crippen molar-refractivity contribution in [2.45, 2.75) is 19.4 Å². The number of hydrogen-bond donors (Lipinski definition) is 3. The molecule has 0 saturated carbocycles. The molecule has 1 amide bonds. The lowest BCUT2D eigenvalue weighted by atomic mass is 10.1. The highest BCUT2D eigenvalue weighted by molar-refractivity contribution is 9.10. The van der Waals surface area contributed by atoms with Gasteiger partial charge in [-0.05, 0) is 40.5 Å². The van der Waals surface area contributed by atoms with Crippen LogP contribution in [0.2, 0.25) is 0 Å². The molecule has 0 spiro atoms. The van der Waals surface area contributed by atoms with E-state index in [-0.39, 0.29) is 5.56 Å². The van der Waals surface area contributed by atoms with Crippen LogP contribution in [0.1, 0.15) is 22.3 Å². The van der Waals surface area contributed by atoms with E-state index in [2.05, 4.69) is 21.2 Å². The van der Waals surface area contributed by atoms with E-state index >= 15 is 0 Å². The maximum absolute atomic E-state index is 11.9. The zero-order chi connectivity index (χ0) is 14.6. The van der Waals surface area contributed by atoms with Gasteiger partial charge in [-0.3, -0.25) is 9.59 Å². The first-order chi connectivity index (χ1) is 8.81. The molecule has 1 atom stereocenters. The van der Waals surface area contributed by atoms with Crippen LogP contribution in [0.4, 0.5) is 0 Å². The molecule has 102 valence electrons. The van der Waals surface area contributed by atoms with E-state index in [4.69, 9.17) is 10.2 Å². The molecule has 0 aliphatic heterocycles. The van der Waals surface area contributed by atoms with Gasteiger partial charge in [-0.25, -0.2) is 4.79 Å². The predicted molar refractivity (Wildman–Crippen MR) is 70.0 cm³/mol. The molecule has 1 unspecified atom stereocenters. The van der Waals surface area contributed by atoms with Crippen LogP contribution in [0.15, 0.2) is 22.7 Å². The van der Waals surface area contributed by atoms with Crippen molar-refractivity contribution in [2.24, 2.45) is 0 Å². The molecule has 0 saturated heterocycles. The Morgan fingerprint density at radius 1 is 1.32 bits per heavy atom. The minimum Gasteiger partial charge on any atom is -0.481 e. The number of halogens is 1. The van der Waals surface area contributed by atoms with E-state index in [0.29, 0.717) is 4.47 Å². The highest BCUT2D eigenvalue weighted by Crippen LogP contribution is 2.18. The minimum absolute atomic E-state index is 0.252. The molecule has 6 nitrogen and oxygen atoms in total. The number of carbonyl (C=O) groups excluding carboxylic acids is 1. The third-order valence-corrected chi connectivity index (χ3v) is 3.01. The number of carboxylic acid groups (broad SMARTS) is 2. The van der Waals surface area contributed by atoms with Crippen LogP contribution in [0.5, 0.6) is 0 Å². The Hall–Kier alpha value is -1.89. The standard InChI is InChI=1S/C12H12BrNO5/c1-6-2-3-7(8(13)4-6)11(17)14-9(12(18)19)5-10(15)16/h2-4,9H,5H2,1H3,(H,14,17)(H,15,16)(H,18,19). The first-order valence-corrected chi connectivity index (χ1v) is 6.12. The van der Waals surface area contributed by atoms with Crippen molar-refractivity contribution in [2.75, 3.05) is 0 Å². The Labute approximate surface area is 117 Å². The van der Waals surface area contributed by atoms with Crippen LogP contribution < -0.4 is 5.32 Å². The number of aryl methyl sites for hydroxylation is 1. The van der Waals surface area contributed by atoms with Crippen molar-refractivity contribution in [1.82, 2.24) is 5.32 Å². The van der Waals surface area contributed by atoms with Gasteiger partial charge in [0.25, 0.3) is 5.91 Å². The predicted octanol–water partition coefficient (Wildman–Crippen LogP) is 1.42. The number of aliphatic carboxylic acids is 2. The molecule has 0 aliphatic carbocycles. The fourth-order valence-corrected chi connectivity index (χ4v) is 2.09. The minimum atomic E-state index is -1.46. The maximum atomic E-state index is 11.9. The van der Waals surface area contributed by atoms with Crippen molar-refractivity contribution in [3.63, 3.8) is 0 Å². The molecular formula is C12H12BrNO5. The lowest BCUT2D eigenvalue weighted by Gasteiger charge is -2.13. The van der Waals surface area contributed by atoms with Gasteiger partial charge >= 0.3 is 11.9 Å². The molecule has 0 aromatic heterocycles. The van der Waals surface area contributed by atoms with E-state index in [0.717, 1.165) is 5.56 Å². The first-order valence-electron chi connectivity index (χ1n) is 5.33. The van der Waals surface area contributed by atoms with Gasteiger partial charge in [-0.1, -0.05) is 6.07 Å². The van der Waals surface area contributed by atoms with Crippen LogP contribution in [0.25, 0.3) is 0 Å². The summed E-state index contributed by atoms with van der Waals surface area (Å²) in [4.78, 5) is 33.2. The zero-order valence-corrected chi connectivity index (χ0v) is 11.6. The van der Waals surface area contributed by atoms with Gasteiger partial charge in [0, 0.05) is 4.47 Å². The van der Waals surface area contributed by atoms with Crippen LogP contribution in [0, 0.1) is 6.92 Å². The fraction of sp³-hybridized carbons (Fsp3) is 0.250. The number of hydrogen-bond acceptors (Lipinski definition) is 3. The van der Waals surface area contributed by atoms with Gasteiger partial charge in [0.05, 0.1) is 12.0 Å². The van der Waals surface area contributed by atoms with Crippen molar-refractivity contribution < 1.29 is 24.6 Å². The zero-order valence-electron chi connectivity index (χ0n) is 10.0. The number of carbonyl (C=O) groups is 3. The summed E-state index contributed by atoms with van der Waals surface area (Å²) in [7, 11) is 0. The largest absolute Gasteiger partial charge is 0.481 e. The van der Waals surface area contributed by atoms with E-state index in [9.17, 15) is 14.4 Å². The lowest BCUT2D eigenvalue weighted by Crippen LogP contribution is -2.42. The summed E-state index contributed by atoms with van der Waals surface area (Å²) >= 11 is 3.20. The van der Waals surface area contributed by atoms with Crippen molar-refractivity contribution in [3.05, 3.63) is 33.8 Å². The topological polar surface area (TPSA) is 104 Å². The molecule has 1 rings (SSSR count). The second kappa shape index (κ2) is 6.33. The fourth-order valence-electron chi connectivity index (χ4n) is 1.41. The van der Waals surface area contributed by atoms with Crippen LogP contribution in [-0.4, -0.2) is 34.1 Å². The number of nitrogens with one attached hydrogen (secondary N) is 1. The molecule has 0 radical (unpaired) electrons. The third kappa shape index (κ3) is 4.36. The van der Waals surface area contributed by atoms with Crippen molar-refractivity contribution in [1.29, 1.82) is 0 Å². The van der Waals surface area contributed by atoms with Crippen molar-refractivity contribution >= 4 is 33.8 Å². The normalized spacial score (nSPS) is 11.7. The monoisotopic (exact) mass is 329 g/mol. The Morgan fingerprint density at radius 3 is 2.42 bits per heavy atom. The average molecular weight is 330 g/mol. The van der Waals surface area contributed by atoms with Gasteiger partial charge in [-0.15, -0.1) is 0 Å². The number of rotatable bonds is 5. The maximum Gasteiger partial charge on any atom is 0.326 e. The van der Waals surface area contributed by atoms with Gasteiger partial charge < -0.3 is 15.5 Å². The lowest BCUT2D eigenvalue weighted by molar-refractivity contribution is -0.145. The molecule has 19 heavy (non-hydrogen) atoms. The molecule has 1 aromatic carbocycles. The van der Waals surface area contributed by atoms with E-state index < -0.39 is 30.3 Å². The molecular weight excluding hydrogens is 318 g/mol. The highest BCUT2D eigenvalue weighted by Gasteiger charge is 2.24. The average Bonchev–Trinajstić information content (AvgIpc) is 2.26. The molecule has 0 heterocycles. The van der Waals surface area contributed by atoms with E-state index in [1.807, 2.05) is 6.92 Å². The van der Waals surface area contributed by atoms with Gasteiger partial charge in [-0.2, -0.15) is 0 Å². The molecule has 1 aromatic rings. The molecule has 0 bridgehead atoms. The van der Waals surface area contributed by atoms with Crippen LogP contribution in [-0.2, 0) is 9.59 Å². The Morgan fingerprint density at radius 2 is 1.95 bits per heavy atom. The Kier molecular flexibility index (Phi) is 5.05. The summed E-state index contributed by atoms with van der Waals surface area (Å²) in [6, 6.07) is 3.49. The van der Waals surface area contributed by atoms with Crippen LogP contribution >= 0.6 is 15.9 Å². The third-order valence-electron chi connectivity index (χ3n) is 2.35. The summed E-state index contributed by atoms with van der Waals surface area (Å²) in [5, 5.41) is 19.6.